The molecule has 0 radical (unpaired) electrons. The molecular weight excluding hydrogens is 292 g/mol. The van der Waals surface area contributed by atoms with Gasteiger partial charge in [0, 0.05) is 34.3 Å². The van der Waals surface area contributed by atoms with E-state index in [0.717, 1.165) is 32.9 Å². The zero-order valence-electron chi connectivity index (χ0n) is 12.0. The average molecular weight is 304 g/mol. The van der Waals surface area contributed by atoms with Crippen LogP contribution in [0, 0.1) is 0 Å². The Kier molecular flexibility index (Phi) is 2.24. The highest BCUT2D eigenvalue weighted by atomic mass is 16.6. The molecule has 0 unspecified atom stereocenters. The normalized spacial score (nSPS) is 14.4. The van der Waals surface area contributed by atoms with Gasteiger partial charge in [0.2, 0.25) is 5.76 Å². The molecular formula is C18H12N2O3. The summed E-state index contributed by atoms with van der Waals surface area (Å²) in [5.41, 5.74) is 4.07. The van der Waals surface area contributed by atoms with E-state index in [4.69, 9.17) is 9.72 Å². The van der Waals surface area contributed by atoms with Crippen molar-refractivity contribution in [3.63, 3.8) is 0 Å². The third-order valence-electron chi connectivity index (χ3n) is 4.30. The van der Waals surface area contributed by atoms with E-state index in [9.17, 15) is 10.2 Å². The van der Waals surface area contributed by atoms with E-state index in [1.165, 1.54) is 0 Å². The van der Waals surface area contributed by atoms with Crippen molar-refractivity contribution in [1.29, 1.82) is 0 Å². The number of pyridine rings is 2. The summed E-state index contributed by atoms with van der Waals surface area (Å²) in [7, 11) is 0. The number of aliphatic hydroxyl groups is 2. The number of para-hydroxylation sites is 1. The third kappa shape index (κ3) is 1.64. The van der Waals surface area contributed by atoms with Crippen LogP contribution in [0.4, 0.5) is 0 Å². The lowest BCUT2D eigenvalue weighted by Gasteiger charge is -2.17. The molecule has 0 fully saturated rings. The lowest BCUT2D eigenvalue weighted by Crippen LogP contribution is -2.08. The minimum absolute atomic E-state index is 0.227. The Morgan fingerprint density at radius 3 is 2.83 bits per heavy atom. The van der Waals surface area contributed by atoms with Gasteiger partial charge in [-0.25, -0.2) is 4.98 Å². The van der Waals surface area contributed by atoms with Crippen LogP contribution in [0.25, 0.3) is 33.1 Å². The fourth-order valence-corrected chi connectivity index (χ4v) is 3.16. The molecule has 0 saturated heterocycles. The Hall–Kier alpha value is -3.21. The Bertz CT molecular complexity index is 1140. The van der Waals surface area contributed by atoms with Crippen molar-refractivity contribution < 1.29 is 14.9 Å². The lowest BCUT2D eigenvalue weighted by atomic mass is 10.1. The van der Waals surface area contributed by atoms with Crippen LogP contribution in [0.15, 0.2) is 54.7 Å². The molecule has 3 aromatic heterocycles. The van der Waals surface area contributed by atoms with E-state index >= 15 is 0 Å². The number of ether oxygens (including phenoxy) is 1. The number of nitrogens with zero attached hydrogens (tertiary/aromatic N) is 2. The van der Waals surface area contributed by atoms with Gasteiger partial charge in [0.1, 0.15) is 6.61 Å². The zero-order valence-corrected chi connectivity index (χ0v) is 12.0. The number of hydrogen-bond donors (Lipinski definition) is 2. The van der Waals surface area contributed by atoms with Crippen molar-refractivity contribution in [3.05, 3.63) is 65.9 Å². The average Bonchev–Trinajstić information content (AvgIpc) is 2.91. The predicted molar refractivity (Wildman–Crippen MR) is 87.2 cm³/mol. The van der Waals surface area contributed by atoms with Crippen LogP contribution in [-0.4, -0.2) is 19.6 Å². The molecule has 1 aromatic carbocycles. The molecule has 0 aliphatic carbocycles. The highest BCUT2D eigenvalue weighted by Crippen LogP contribution is 2.31. The molecule has 5 heteroatoms. The minimum atomic E-state index is -0.434. The summed E-state index contributed by atoms with van der Waals surface area (Å²) in [6.07, 6.45) is 3.92. The smallest absolute Gasteiger partial charge is 0.321 e. The van der Waals surface area contributed by atoms with Gasteiger partial charge < -0.3 is 19.4 Å². The van der Waals surface area contributed by atoms with Gasteiger partial charge in [-0.05, 0) is 18.2 Å². The minimum Gasteiger partial charge on any atom is -0.502 e. The van der Waals surface area contributed by atoms with Gasteiger partial charge in [0.15, 0.2) is 0 Å². The summed E-state index contributed by atoms with van der Waals surface area (Å²) in [4.78, 5) is 4.75. The van der Waals surface area contributed by atoms with Gasteiger partial charge >= 0.3 is 5.95 Å². The van der Waals surface area contributed by atoms with E-state index in [0.29, 0.717) is 5.56 Å². The fourth-order valence-electron chi connectivity index (χ4n) is 3.16. The number of aromatic nitrogens is 2. The Morgan fingerprint density at radius 2 is 1.91 bits per heavy atom. The summed E-state index contributed by atoms with van der Waals surface area (Å²) in [5, 5.41) is 21.7. The van der Waals surface area contributed by atoms with Crippen molar-refractivity contribution in [1.82, 2.24) is 9.38 Å². The van der Waals surface area contributed by atoms with Gasteiger partial charge in [-0.15, -0.1) is 0 Å². The van der Waals surface area contributed by atoms with Crippen molar-refractivity contribution in [3.8, 4) is 0 Å². The second-order valence-electron chi connectivity index (χ2n) is 5.70. The van der Waals surface area contributed by atoms with Crippen molar-refractivity contribution in [2.45, 2.75) is 6.61 Å². The van der Waals surface area contributed by atoms with Crippen LogP contribution in [0.5, 0.6) is 0 Å². The molecule has 5 nitrogen and oxygen atoms in total. The van der Waals surface area contributed by atoms with E-state index in [-0.39, 0.29) is 12.4 Å². The molecule has 4 aromatic rings. The standard InChI is InChI=1S/C18H12N2O3/c21-17-13-6-15-16-11(5-10-3-1-2-4-14(10)19-16)7-20(15)8-12(13)9-23-18(17)22/h1-8,21-22H,9H2. The van der Waals surface area contributed by atoms with E-state index in [1.54, 1.807) is 0 Å². The van der Waals surface area contributed by atoms with Crippen LogP contribution in [0.2, 0.25) is 0 Å². The second-order valence-corrected chi connectivity index (χ2v) is 5.70. The molecule has 112 valence electrons. The van der Waals surface area contributed by atoms with Crippen LogP contribution < -0.4 is 0 Å². The molecule has 4 heterocycles. The van der Waals surface area contributed by atoms with Crippen LogP contribution in [0.3, 0.4) is 0 Å². The van der Waals surface area contributed by atoms with E-state index in [1.807, 2.05) is 47.1 Å². The lowest BCUT2D eigenvalue weighted by molar-refractivity contribution is 0.0720. The monoisotopic (exact) mass is 304 g/mol. The number of aliphatic hydroxyl groups excluding tert-OH is 2. The van der Waals surface area contributed by atoms with Crippen LogP contribution in [0.1, 0.15) is 11.1 Å². The van der Waals surface area contributed by atoms with Crippen LogP contribution in [-0.2, 0) is 11.3 Å². The molecule has 1 aliphatic rings. The second kappa shape index (κ2) is 4.16. The highest BCUT2D eigenvalue weighted by Gasteiger charge is 2.21. The van der Waals surface area contributed by atoms with E-state index in [2.05, 4.69) is 6.07 Å². The van der Waals surface area contributed by atoms with Gasteiger partial charge in [0.05, 0.1) is 16.6 Å². The maximum Gasteiger partial charge on any atom is 0.321 e. The Morgan fingerprint density at radius 1 is 1.04 bits per heavy atom. The van der Waals surface area contributed by atoms with E-state index < -0.39 is 5.95 Å². The third-order valence-corrected chi connectivity index (χ3v) is 4.30. The fraction of sp³-hybridized carbons (Fsp3) is 0.0556. The summed E-state index contributed by atoms with van der Waals surface area (Å²) < 4.78 is 7.04. The Labute approximate surface area is 130 Å². The molecule has 0 amide bonds. The SMILES string of the molecule is OC1=C(O)c2cc3c4nc5ccccc5cc4cn3cc2CO1. The first-order valence-corrected chi connectivity index (χ1v) is 7.29. The van der Waals surface area contributed by atoms with Gasteiger partial charge in [-0.3, -0.25) is 0 Å². The number of rotatable bonds is 0. The molecule has 1 aliphatic heterocycles. The zero-order chi connectivity index (χ0) is 15.6. The summed E-state index contributed by atoms with van der Waals surface area (Å²) in [5.74, 6) is -0.667. The molecule has 5 rings (SSSR count). The molecule has 2 N–H and O–H groups in total. The van der Waals surface area contributed by atoms with Gasteiger partial charge in [-0.1, -0.05) is 18.2 Å². The molecule has 0 atom stereocenters. The van der Waals surface area contributed by atoms with Crippen LogP contribution >= 0.6 is 0 Å². The number of fused-ring (bicyclic) bond motifs is 5. The highest BCUT2D eigenvalue weighted by molar-refractivity contribution is 6.01. The van der Waals surface area contributed by atoms with Gasteiger partial charge in [0.25, 0.3) is 0 Å². The quantitative estimate of drug-likeness (QED) is 0.517. The first kappa shape index (κ1) is 12.3. The number of hydrogen-bond acceptors (Lipinski definition) is 4. The Balaban J connectivity index is 1.90. The molecule has 0 bridgehead atoms. The molecule has 23 heavy (non-hydrogen) atoms. The largest absolute Gasteiger partial charge is 0.502 e. The maximum atomic E-state index is 10.0. The number of benzene rings is 1. The summed E-state index contributed by atoms with van der Waals surface area (Å²) in [6, 6.07) is 11.9. The maximum absolute atomic E-state index is 10.0. The first-order chi connectivity index (χ1) is 11.2. The summed E-state index contributed by atoms with van der Waals surface area (Å²) >= 11 is 0. The van der Waals surface area contributed by atoms with Crippen molar-refractivity contribution in [2.75, 3.05) is 0 Å². The van der Waals surface area contributed by atoms with Crippen molar-refractivity contribution in [2.24, 2.45) is 0 Å². The van der Waals surface area contributed by atoms with Crippen molar-refractivity contribution >= 4 is 33.1 Å². The summed E-state index contributed by atoms with van der Waals surface area (Å²) in [6.45, 7) is 0.227. The molecule has 0 spiro atoms. The molecule has 0 saturated carbocycles. The first-order valence-electron chi connectivity index (χ1n) is 7.29. The predicted octanol–water partition coefficient (Wildman–Crippen LogP) is 3.91. The van der Waals surface area contributed by atoms with Gasteiger partial charge in [-0.2, -0.15) is 0 Å². The topological polar surface area (TPSA) is 67.0 Å².